The fraction of sp³-hybridized carbons (Fsp3) is 0.0526. The Balaban J connectivity index is 1.54. The molecule has 2 aliphatic heterocycles. The first-order chi connectivity index (χ1) is 13.1. The Kier molecular flexibility index (Phi) is 4.79. The Hall–Kier alpha value is -2.90. The van der Waals surface area contributed by atoms with Gasteiger partial charge >= 0.3 is 0 Å². The van der Waals surface area contributed by atoms with Gasteiger partial charge in [-0.3, -0.25) is 10.2 Å². The van der Waals surface area contributed by atoms with Crippen molar-refractivity contribution in [3.05, 3.63) is 70.8 Å². The predicted molar refractivity (Wildman–Crippen MR) is 108 cm³/mol. The van der Waals surface area contributed by atoms with E-state index in [1.807, 2.05) is 30.3 Å². The van der Waals surface area contributed by atoms with Crippen molar-refractivity contribution in [1.29, 1.82) is 5.41 Å². The minimum atomic E-state index is -0.473. The molecular weight excluding hydrogens is 384 g/mol. The van der Waals surface area contributed by atoms with Crippen LogP contribution >= 0.6 is 23.4 Å². The minimum Gasteiger partial charge on any atom is -0.487 e. The minimum absolute atomic E-state index is 0.0211. The molecule has 2 aliphatic rings. The van der Waals surface area contributed by atoms with Crippen LogP contribution in [-0.4, -0.2) is 33.6 Å². The molecule has 8 heteroatoms. The second-order valence-corrected chi connectivity index (χ2v) is 7.15. The number of nitrogens with one attached hydrogen (secondary N) is 1. The summed E-state index contributed by atoms with van der Waals surface area (Å²) < 4.78 is 5.68. The van der Waals surface area contributed by atoms with Gasteiger partial charge < -0.3 is 4.74 Å². The second kappa shape index (κ2) is 7.38. The third-order valence-electron chi connectivity index (χ3n) is 3.76. The number of ether oxygens (including phenoxy) is 1. The van der Waals surface area contributed by atoms with E-state index in [1.54, 1.807) is 30.3 Å². The van der Waals surface area contributed by atoms with Crippen LogP contribution in [0, 0.1) is 5.41 Å². The number of halogens is 1. The normalized spacial score (nSPS) is 17.7. The monoisotopic (exact) mass is 396 g/mol. The van der Waals surface area contributed by atoms with Crippen molar-refractivity contribution in [1.82, 2.24) is 5.01 Å². The summed E-state index contributed by atoms with van der Waals surface area (Å²) >= 11 is 7.21. The highest BCUT2D eigenvalue weighted by Gasteiger charge is 2.35. The van der Waals surface area contributed by atoms with E-state index in [4.69, 9.17) is 21.7 Å². The number of thioether (sulfide) groups is 1. The summed E-state index contributed by atoms with van der Waals surface area (Å²) in [5, 5.41) is 15.6. The molecule has 6 nitrogen and oxygen atoms in total. The molecule has 27 heavy (non-hydrogen) atoms. The largest absolute Gasteiger partial charge is 0.487 e. The molecule has 0 spiro atoms. The number of fused-ring (bicyclic) bond motifs is 1. The van der Waals surface area contributed by atoms with E-state index in [0.29, 0.717) is 15.2 Å². The van der Waals surface area contributed by atoms with E-state index < -0.39 is 5.91 Å². The SMILES string of the molecule is N=C1/C(=C/c2cccc(Cl)c2)C(=O)N=C2SC(COc3ccccc3)=NN12. The number of aliphatic imine (C=N–C) groups is 1. The average molecular weight is 397 g/mol. The Morgan fingerprint density at radius 1 is 1.19 bits per heavy atom. The number of para-hydroxylation sites is 1. The van der Waals surface area contributed by atoms with E-state index in [-0.39, 0.29) is 18.0 Å². The van der Waals surface area contributed by atoms with Crippen molar-refractivity contribution in [2.45, 2.75) is 0 Å². The Morgan fingerprint density at radius 2 is 2.00 bits per heavy atom. The number of carbonyl (C=O) groups is 1. The first-order valence-corrected chi connectivity index (χ1v) is 9.22. The molecule has 0 aromatic heterocycles. The number of hydrazone groups is 1. The zero-order valence-electron chi connectivity index (χ0n) is 13.9. The summed E-state index contributed by atoms with van der Waals surface area (Å²) in [6.45, 7) is 0.235. The molecule has 0 aliphatic carbocycles. The van der Waals surface area contributed by atoms with Gasteiger partial charge in [-0.25, -0.2) is 0 Å². The smallest absolute Gasteiger partial charge is 0.283 e. The molecule has 0 saturated carbocycles. The predicted octanol–water partition coefficient (Wildman–Crippen LogP) is 4.04. The van der Waals surface area contributed by atoms with Gasteiger partial charge in [0.2, 0.25) is 5.17 Å². The third kappa shape index (κ3) is 3.79. The van der Waals surface area contributed by atoms with Crippen LogP contribution in [0.4, 0.5) is 0 Å². The summed E-state index contributed by atoms with van der Waals surface area (Å²) in [6.07, 6.45) is 1.59. The highest BCUT2D eigenvalue weighted by molar-refractivity contribution is 8.27. The third-order valence-corrected chi connectivity index (χ3v) is 4.88. The van der Waals surface area contributed by atoms with Gasteiger partial charge in [0.25, 0.3) is 5.91 Å². The average Bonchev–Trinajstić information content (AvgIpc) is 3.07. The fourth-order valence-corrected chi connectivity index (χ4v) is 3.51. The van der Waals surface area contributed by atoms with Crippen LogP contribution in [0.5, 0.6) is 5.75 Å². The van der Waals surface area contributed by atoms with E-state index in [1.165, 1.54) is 16.8 Å². The molecule has 0 atom stereocenters. The number of carbonyl (C=O) groups excluding carboxylic acids is 1. The van der Waals surface area contributed by atoms with E-state index in [9.17, 15) is 4.79 Å². The summed E-state index contributed by atoms with van der Waals surface area (Å²) in [7, 11) is 0. The maximum absolute atomic E-state index is 12.4. The number of amides is 1. The lowest BCUT2D eigenvalue weighted by Gasteiger charge is -2.20. The zero-order chi connectivity index (χ0) is 18.8. The molecule has 2 aromatic carbocycles. The molecule has 1 amide bonds. The number of hydrogen-bond acceptors (Lipinski definition) is 5. The molecule has 4 rings (SSSR count). The van der Waals surface area contributed by atoms with Gasteiger partial charge in [-0.2, -0.15) is 15.1 Å². The van der Waals surface area contributed by atoms with Gasteiger partial charge in [-0.05, 0) is 47.7 Å². The van der Waals surface area contributed by atoms with Crippen molar-refractivity contribution < 1.29 is 9.53 Å². The van der Waals surface area contributed by atoms with Crippen LogP contribution in [0.3, 0.4) is 0 Å². The molecule has 0 unspecified atom stereocenters. The summed E-state index contributed by atoms with van der Waals surface area (Å²) in [4.78, 5) is 16.4. The molecule has 2 heterocycles. The first-order valence-electron chi connectivity index (χ1n) is 8.03. The second-order valence-electron chi connectivity index (χ2n) is 5.67. The molecular formula is C19H13ClN4O2S. The van der Waals surface area contributed by atoms with Gasteiger partial charge in [0, 0.05) is 5.02 Å². The summed E-state index contributed by atoms with van der Waals surface area (Å²) in [6, 6.07) is 16.4. The topological polar surface area (TPSA) is 78.1 Å². The Bertz CT molecular complexity index is 1020. The quantitative estimate of drug-likeness (QED) is 0.791. The van der Waals surface area contributed by atoms with E-state index >= 15 is 0 Å². The molecule has 0 radical (unpaired) electrons. The van der Waals surface area contributed by atoms with E-state index in [2.05, 4.69) is 10.1 Å². The Morgan fingerprint density at radius 3 is 2.78 bits per heavy atom. The highest BCUT2D eigenvalue weighted by Crippen LogP contribution is 2.28. The number of nitrogens with zero attached hydrogens (tertiary/aromatic N) is 3. The molecule has 1 N–H and O–H groups in total. The molecule has 134 valence electrons. The van der Waals surface area contributed by atoms with Crippen molar-refractivity contribution in [2.75, 3.05) is 6.61 Å². The molecule has 0 bridgehead atoms. The standard InChI is InChI=1S/C19H13ClN4O2S/c20-13-6-4-5-12(9-13)10-15-17(21)24-19(22-18(15)25)27-16(23-24)11-26-14-7-2-1-3-8-14/h1-10,21H,11H2/b15-10-,21-17?. The highest BCUT2D eigenvalue weighted by atomic mass is 35.5. The molecule has 0 saturated heterocycles. The lowest BCUT2D eigenvalue weighted by Crippen LogP contribution is -2.35. The van der Waals surface area contributed by atoms with Gasteiger partial charge in [0.1, 0.15) is 17.4 Å². The van der Waals surface area contributed by atoms with Crippen LogP contribution in [0.2, 0.25) is 5.02 Å². The van der Waals surface area contributed by atoms with E-state index in [0.717, 1.165) is 11.3 Å². The first kappa shape index (κ1) is 17.5. The van der Waals surface area contributed by atoms with Crippen LogP contribution in [0.1, 0.15) is 5.56 Å². The van der Waals surface area contributed by atoms with Crippen LogP contribution < -0.4 is 4.74 Å². The van der Waals surface area contributed by atoms with Crippen LogP contribution in [-0.2, 0) is 4.79 Å². The van der Waals surface area contributed by atoms with Gasteiger partial charge in [-0.15, -0.1) is 0 Å². The molecule has 2 aromatic rings. The lowest BCUT2D eigenvalue weighted by atomic mass is 10.1. The van der Waals surface area contributed by atoms with Crippen molar-refractivity contribution in [3.8, 4) is 5.75 Å². The van der Waals surface area contributed by atoms with Crippen LogP contribution in [0.25, 0.3) is 6.08 Å². The lowest BCUT2D eigenvalue weighted by molar-refractivity contribution is -0.114. The fourth-order valence-electron chi connectivity index (χ4n) is 2.51. The summed E-state index contributed by atoms with van der Waals surface area (Å²) in [5.41, 5.74) is 0.883. The number of amidine groups is 2. The zero-order valence-corrected chi connectivity index (χ0v) is 15.5. The van der Waals surface area contributed by atoms with Gasteiger partial charge in [-0.1, -0.05) is 41.9 Å². The maximum atomic E-state index is 12.4. The number of rotatable bonds is 4. The van der Waals surface area contributed by atoms with Crippen LogP contribution in [0.15, 0.2) is 70.3 Å². The van der Waals surface area contributed by atoms with Gasteiger partial charge in [0.05, 0.1) is 5.57 Å². The summed E-state index contributed by atoms with van der Waals surface area (Å²) in [5.74, 6) is 0.228. The molecule has 0 fully saturated rings. The number of benzene rings is 2. The van der Waals surface area contributed by atoms with Crippen molar-refractivity contribution in [2.24, 2.45) is 10.1 Å². The number of hydrogen-bond donors (Lipinski definition) is 1. The van der Waals surface area contributed by atoms with Gasteiger partial charge in [0.15, 0.2) is 5.84 Å². The Labute approximate surface area is 164 Å². The van der Waals surface area contributed by atoms with Crippen molar-refractivity contribution in [3.63, 3.8) is 0 Å². The van der Waals surface area contributed by atoms with Crippen molar-refractivity contribution >= 4 is 51.4 Å². The maximum Gasteiger partial charge on any atom is 0.283 e.